The van der Waals surface area contributed by atoms with Crippen molar-refractivity contribution in [1.82, 2.24) is 0 Å². The number of carbonyl (C=O) groups excluding carboxylic acids is 2. The lowest BCUT2D eigenvalue weighted by Crippen LogP contribution is -2.12. The maximum absolute atomic E-state index is 12.0. The number of benzene rings is 2. The van der Waals surface area contributed by atoms with E-state index in [-0.39, 0.29) is 17.4 Å². The number of hydrogen-bond acceptors (Lipinski definition) is 5. The molecule has 0 N–H and O–H groups in total. The summed E-state index contributed by atoms with van der Waals surface area (Å²) in [6.07, 6.45) is 2.76. The maximum atomic E-state index is 12.0. The summed E-state index contributed by atoms with van der Waals surface area (Å²) < 4.78 is 10.0. The minimum absolute atomic E-state index is 0.0334. The number of ether oxygens (including phenoxy) is 2. The number of esters is 1. The molecule has 0 radical (unpaired) electrons. The zero-order chi connectivity index (χ0) is 18.9. The van der Waals surface area contributed by atoms with Crippen LogP contribution in [0.3, 0.4) is 0 Å². The number of hydrogen-bond donors (Lipinski definition) is 0. The summed E-state index contributed by atoms with van der Waals surface area (Å²) in [4.78, 5) is 23.7. The molecule has 0 aliphatic rings. The Balaban J connectivity index is 1.86. The van der Waals surface area contributed by atoms with Crippen LogP contribution in [0.5, 0.6) is 5.75 Å². The third-order valence-electron chi connectivity index (χ3n) is 3.18. The summed E-state index contributed by atoms with van der Waals surface area (Å²) in [7, 11) is 0. The topological polar surface area (TPSA) is 76.4 Å². The highest BCUT2D eigenvalue weighted by Gasteiger charge is 2.10. The smallest absolute Gasteiger partial charge is 0.331 e. The number of rotatable bonds is 7. The molecule has 0 aromatic heterocycles. The summed E-state index contributed by atoms with van der Waals surface area (Å²) in [6.45, 7) is -0.434. The van der Waals surface area contributed by atoms with E-state index in [1.807, 2.05) is 6.07 Å². The lowest BCUT2D eigenvalue weighted by Gasteiger charge is -2.03. The fraction of sp³-hybridized carbons (Fsp3) is 0.105. The van der Waals surface area contributed by atoms with Gasteiger partial charge in [0.1, 0.15) is 11.8 Å². The SMILES string of the molecule is N#CCOc1ccc(/C=C/C(=O)OCC(=O)c2ccc(Cl)c(Cl)c2)cc1. The Labute approximate surface area is 160 Å². The quantitative estimate of drug-likeness (QED) is 0.400. The van der Waals surface area contributed by atoms with Gasteiger partial charge in [-0.2, -0.15) is 5.26 Å². The number of carbonyl (C=O) groups is 2. The lowest BCUT2D eigenvalue weighted by molar-refractivity contribution is -0.136. The van der Waals surface area contributed by atoms with Crippen LogP contribution in [0.25, 0.3) is 6.08 Å². The normalized spacial score (nSPS) is 10.3. The Kier molecular flexibility index (Phi) is 7.22. The molecule has 0 unspecified atom stereocenters. The van der Waals surface area contributed by atoms with Crippen LogP contribution < -0.4 is 4.74 Å². The van der Waals surface area contributed by atoms with Gasteiger partial charge in [0.2, 0.25) is 0 Å². The van der Waals surface area contributed by atoms with Gasteiger partial charge >= 0.3 is 5.97 Å². The molecule has 2 rings (SSSR count). The number of Topliss-reactive ketones (excluding diaryl/α,β-unsaturated/α-hetero) is 1. The van der Waals surface area contributed by atoms with E-state index in [9.17, 15) is 9.59 Å². The van der Waals surface area contributed by atoms with Gasteiger partial charge in [-0.25, -0.2) is 4.79 Å². The summed E-state index contributed by atoms with van der Waals surface area (Å²) in [6, 6.07) is 13.1. The van der Waals surface area contributed by atoms with E-state index in [1.54, 1.807) is 30.3 Å². The van der Waals surface area contributed by atoms with Crippen molar-refractivity contribution in [2.45, 2.75) is 0 Å². The molecule has 132 valence electrons. The number of nitriles is 1. The predicted octanol–water partition coefficient (Wildman–Crippen LogP) is 4.34. The second kappa shape index (κ2) is 9.62. The molecule has 2 aromatic rings. The highest BCUT2D eigenvalue weighted by atomic mass is 35.5. The molecule has 2 aromatic carbocycles. The summed E-state index contributed by atoms with van der Waals surface area (Å²) in [5, 5.41) is 9.04. The second-order valence-electron chi connectivity index (χ2n) is 5.01. The van der Waals surface area contributed by atoms with Crippen LogP contribution in [0.4, 0.5) is 0 Å². The van der Waals surface area contributed by atoms with Gasteiger partial charge in [0.05, 0.1) is 10.0 Å². The summed E-state index contributed by atoms with van der Waals surface area (Å²) >= 11 is 11.6. The standard InChI is InChI=1S/C19H13Cl2NO4/c20-16-7-4-14(11-17(16)21)18(23)12-26-19(24)8-3-13-1-5-15(6-2-13)25-10-9-22/h1-8,11H,10,12H2/b8-3+. The van der Waals surface area contributed by atoms with E-state index >= 15 is 0 Å². The largest absolute Gasteiger partial charge is 0.479 e. The molecule has 5 nitrogen and oxygen atoms in total. The molecule has 0 spiro atoms. The zero-order valence-electron chi connectivity index (χ0n) is 13.4. The van der Waals surface area contributed by atoms with Crippen molar-refractivity contribution in [3.05, 3.63) is 69.7 Å². The fourth-order valence-electron chi connectivity index (χ4n) is 1.89. The van der Waals surface area contributed by atoms with Crippen LogP contribution in [-0.4, -0.2) is 25.0 Å². The Morgan fingerprint density at radius 3 is 2.46 bits per heavy atom. The van der Waals surface area contributed by atoms with Crippen LogP contribution in [-0.2, 0) is 9.53 Å². The number of halogens is 2. The average molecular weight is 390 g/mol. The van der Waals surface area contributed by atoms with Gasteiger partial charge in [-0.05, 0) is 42.0 Å². The predicted molar refractivity (Wildman–Crippen MR) is 98.3 cm³/mol. The average Bonchev–Trinajstić information content (AvgIpc) is 2.65. The van der Waals surface area contributed by atoms with Gasteiger partial charge in [-0.15, -0.1) is 0 Å². The van der Waals surface area contributed by atoms with Crippen LogP contribution >= 0.6 is 23.2 Å². The van der Waals surface area contributed by atoms with E-state index < -0.39 is 12.6 Å². The van der Waals surface area contributed by atoms with E-state index in [0.29, 0.717) is 16.3 Å². The third-order valence-corrected chi connectivity index (χ3v) is 3.92. The maximum Gasteiger partial charge on any atom is 0.331 e. The lowest BCUT2D eigenvalue weighted by atomic mass is 10.1. The number of ketones is 1. The molecule has 0 aliphatic carbocycles. The Hall–Kier alpha value is -2.81. The molecule has 0 aliphatic heterocycles. The van der Waals surface area contributed by atoms with Gasteiger partial charge in [0, 0.05) is 11.6 Å². The molecular formula is C19H13Cl2NO4. The first-order valence-corrected chi connectivity index (χ1v) is 8.18. The van der Waals surface area contributed by atoms with Crippen molar-refractivity contribution in [2.24, 2.45) is 0 Å². The molecular weight excluding hydrogens is 377 g/mol. The zero-order valence-corrected chi connectivity index (χ0v) is 15.0. The molecule has 26 heavy (non-hydrogen) atoms. The summed E-state index contributed by atoms with van der Waals surface area (Å²) in [5.74, 6) is -0.481. The molecule has 0 bridgehead atoms. The Morgan fingerprint density at radius 2 is 1.81 bits per heavy atom. The molecule has 0 atom stereocenters. The molecule has 0 saturated heterocycles. The minimum Gasteiger partial charge on any atom is -0.479 e. The van der Waals surface area contributed by atoms with Gasteiger partial charge in [0.25, 0.3) is 0 Å². The van der Waals surface area contributed by atoms with Gasteiger partial charge in [0.15, 0.2) is 19.0 Å². The minimum atomic E-state index is -0.650. The van der Waals surface area contributed by atoms with E-state index in [0.717, 1.165) is 5.56 Å². The van der Waals surface area contributed by atoms with Crippen molar-refractivity contribution in [3.63, 3.8) is 0 Å². The monoisotopic (exact) mass is 389 g/mol. The summed E-state index contributed by atoms with van der Waals surface area (Å²) in [5.41, 5.74) is 1.05. The Morgan fingerprint density at radius 1 is 1.08 bits per heavy atom. The Bertz CT molecular complexity index is 870. The first-order chi connectivity index (χ1) is 12.5. The van der Waals surface area contributed by atoms with Crippen LogP contribution in [0.2, 0.25) is 10.0 Å². The van der Waals surface area contributed by atoms with Gasteiger partial charge in [-0.1, -0.05) is 35.3 Å². The molecule has 0 amide bonds. The number of nitrogens with zero attached hydrogens (tertiary/aromatic N) is 1. The van der Waals surface area contributed by atoms with Crippen molar-refractivity contribution in [2.75, 3.05) is 13.2 Å². The van der Waals surface area contributed by atoms with E-state index in [2.05, 4.69) is 0 Å². The van der Waals surface area contributed by atoms with Crippen LogP contribution in [0.15, 0.2) is 48.5 Å². The molecule has 0 fully saturated rings. The second-order valence-corrected chi connectivity index (χ2v) is 5.82. The molecule has 0 saturated carbocycles. The first kappa shape index (κ1) is 19.5. The van der Waals surface area contributed by atoms with Crippen molar-refractivity contribution >= 4 is 41.0 Å². The third kappa shape index (κ3) is 5.92. The highest BCUT2D eigenvalue weighted by molar-refractivity contribution is 6.42. The molecule has 7 heteroatoms. The van der Waals surface area contributed by atoms with Crippen LogP contribution in [0, 0.1) is 11.3 Å². The van der Waals surface area contributed by atoms with Crippen molar-refractivity contribution < 1.29 is 19.1 Å². The van der Waals surface area contributed by atoms with E-state index in [4.69, 9.17) is 37.9 Å². The molecule has 0 heterocycles. The van der Waals surface area contributed by atoms with Crippen molar-refractivity contribution in [3.8, 4) is 11.8 Å². The van der Waals surface area contributed by atoms with Gasteiger partial charge in [-0.3, -0.25) is 4.79 Å². The fourth-order valence-corrected chi connectivity index (χ4v) is 2.19. The van der Waals surface area contributed by atoms with E-state index in [1.165, 1.54) is 24.3 Å². The van der Waals surface area contributed by atoms with Crippen LogP contribution in [0.1, 0.15) is 15.9 Å². The van der Waals surface area contributed by atoms with Crippen molar-refractivity contribution in [1.29, 1.82) is 5.26 Å². The first-order valence-electron chi connectivity index (χ1n) is 7.42. The van der Waals surface area contributed by atoms with Gasteiger partial charge < -0.3 is 9.47 Å². The highest BCUT2D eigenvalue weighted by Crippen LogP contribution is 2.22.